The average Bonchev–Trinajstić information content (AvgIpc) is 2.99. The van der Waals surface area contributed by atoms with E-state index in [1.54, 1.807) is 0 Å². The summed E-state index contributed by atoms with van der Waals surface area (Å²) in [7, 11) is 0. The van der Waals surface area contributed by atoms with E-state index in [-0.39, 0.29) is 0 Å². The van der Waals surface area contributed by atoms with E-state index in [1.807, 2.05) is 12.3 Å². The summed E-state index contributed by atoms with van der Waals surface area (Å²) in [6.07, 6.45) is 6.02. The van der Waals surface area contributed by atoms with Gasteiger partial charge in [0.1, 0.15) is 6.10 Å². The molecule has 1 aromatic rings. The van der Waals surface area contributed by atoms with Gasteiger partial charge in [0.05, 0.1) is 0 Å². The van der Waals surface area contributed by atoms with Crippen molar-refractivity contribution in [2.24, 2.45) is 0 Å². The molecule has 0 spiro atoms. The van der Waals surface area contributed by atoms with E-state index in [1.165, 1.54) is 18.4 Å². The van der Waals surface area contributed by atoms with Gasteiger partial charge in [0.15, 0.2) is 0 Å². The molecule has 3 rings (SSSR count). The topological polar surface area (TPSA) is 34.1 Å². The van der Waals surface area contributed by atoms with Crippen LogP contribution in [0.4, 0.5) is 0 Å². The van der Waals surface area contributed by atoms with Gasteiger partial charge in [-0.05, 0) is 37.3 Å². The molecule has 15 heavy (non-hydrogen) atoms. The van der Waals surface area contributed by atoms with E-state index in [0.29, 0.717) is 6.10 Å². The minimum absolute atomic E-state index is 0.310. The molecule has 2 fully saturated rings. The Morgan fingerprint density at radius 2 is 2.20 bits per heavy atom. The first-order chi connectivity index (χ1) is 7.42. The molecule has 0 amide bonds. The summed E-state index contributed by atoms with van der Waals surface area (Å²) in [4.78, 5) is 4.35. The van der Waals surface area contributed by atoms with Crippen LogP contribution in [0.5, 0.6) is 5.88 Å². The third-order valence-corrected chi connectivity index (χ3v) is 3.11. The van der Waals surface area contributed by atoms with E-state index < -0.39 is 0 Å². The number of nitrogens with zero attached hydrogens (tertiary/aromatic N) is 1. The highest BCUT2D eigenvalue weighted by molar-refractivity contribution is 5.24. The van der Waals surface area contributed by atoms with E-state index in [0.717, 1.165) is 31.3 Å². The van der Waals surface area contributed by atoms with E-state index in [4.69, 9.17) is 4.74 Å². The zero-order chi connectivity index (χ0) is 10.1. The SMILES string of the molecule is c1cc(O[C@H]2CCNC2)ncc1C1CC1. The van der Waals surface area contributed by atoms with Crippen LogP contribution in [-0.2, 0) is 0 Å². The molecule has 1 aliphatic carbocycles. The summed E-state index contributed by atoms with van der Waals surface area (Å²) >= 11 is 0. The zero-order valence-electron chi connectivity index (χ0n) is 8.78. The Balaban J connectivity index is 1.64. The van der Waals surface area contributed by atoms with Crippen LogP contribution in [0, 0.1) is 0 Å². The molecular weight excluding hydrogens is 188 g/mol. The van der Waals surface area contributed by atoms with Crippen molar-refractivity contribution in [2.45, 2.75) is 31.3 Å². The average molecular weight is 204 g/mol. The molecule has 2 heterocycles. The predicted molar refractivity (Wildman–Crippen MR) is 58.1 cm³/mol. The fourth-order valence-corrected chi connectivity index (χ4v) is 2.02. The van der Waals surface area contributed by atoms with Crippen molar-refractivity contribution in [1.29, 1.82) is 0 Å². The van der Waals surface area contributed by atoms with E-state index >= 15 is 0 Å². The molecule has 1 aliphatic heterocycles. The largest absolute Gasteiger partial charge is 0.473 e. The zero-order valence-corrected chi connectivity index (χ0v) is 8.78. The molecule has 1 aromatic heterocycles. The van der Waals surface area contributed by atoms with Gasteiger partial charge in [-0.3, -0.25) is 0 Å². The molecule has 2 aliphatic rings. The Morgan fingerprint density at radius 3 is 2.80 bits per heavy atom. The number of hydrogen-bond acceptors (Lipinski definition) is 3. The Kier molecular flexibility index (Phi) is 2.33. The second kappa shape index (κ2) is 3.81. The fraction of sp³-hybridized carbons (Fsp3) is 0.583. The lowest BCUT2D eigenvalue weighted by Crippen LogP contribution is -2.19. The Morgan fingerprint density at radius 1 is 1.27 bits per heavy atom. The number of aromatic nitrogens is 1. The van der Waals surface area contributed by atoms with Gasteiger partial charge in [0.25, 0.3) is 0 Å². The van der Waals surface area contributed by atoms with Crippen molar-refractivity contribution < 1.29 is 4.74 Å². The lowest BCUT2D eigenvalue weighted by Gasteiger charge is -2.11. The number of nitrogens with one attached hydrogen (secondary N) is 1. The van der Waals surface area contributed by atoms with Crippen LogP contribution in [0.1, 0.15) is 30.7 Å². The quantitative estimate of drug-likeness (QED) is 0.813. The number of hydrogen-bond donors (Lipinski definition) is 1. The number of rotatable bonds is 3. The normalized spacial score (nSPS) is 25.5. The summed E-state index contributed by atoms with van der Waals surface area (Å²) < 4.78 is 5.76. The van der Waals surface area contributed by atoms with Crippen LogP contribution in [0.2, 0.25) is 0 Å². The van der Waals surface area contributed by atoms with Crippen LogP contribution in [-0.4, -0.2) is 24.2 Å². The summed E-state index contributed by atoms with van der Waals surface area (Å²) in [6, 6.07) is 4.16. The first kappa shape index (κ1) is 9.16. The highest BCUT2D eigenvalue weighted by Gasteiger charge is 2.24. The lowest BCUT2D eigenvalue weighted by molar-refractivity contribution is 0.214. The molecule has 3 nitrogen and oxygen atoms in total. The maximum absolute atomic E-state index is 5.76. The first-order valence-electron chi connectivity index (χ1n) is 5.75. The molecule has 0 radical (unpaired) electrons. The summed E-state index contributed by atoms with van der Waals surface area (Å²) in [6.45, 7) is 2.01. The van der Waals surface area contributed by atoms with Gasteiger partial charge >= 0.3 is 0 Å². The minimum Gasteiger partial charge on any atom is -0.473 e. The minimum atomic E-state index is 0.310. The van der Waals surface area contributed by atoms with Crippen molar-refractivity contribution in [3.63, 3.8) is 0 Å². The van der Waals surface area contributed by atoms with Gasteiger partial charge in [-0.25, -0.2) is 4.98 Å². The molecule has 3 heteroatoms. The molecule has 1 saturated heterocycles. The molecule has 1 N–H and O–H groups in total. The molecule has 1 atom stereocenters. The smallest absolute Gasteiger partial charge is 0.213 e. The van der Waals surface area contributed by atoms with Gasteiger partial charge in [0, 0.05) is 18.8 Å². The second-order valence-corrected chi connectivity index (χ2v) is 4.44. The van der Waals surface area contributed by atoms with Crippen molar-refractivity contribution in [3.05, 3.63) is 23.9 Å². The lowest BCUT2D eigenvalue weighted by atomic mass is 10.2. The van der Waals surface area contributed by atoms with E-state index in [9.17, 15) is 0 Å². The van der Waals surface area contributed by atoms with Crippen LogP contribution in [0.15, 0.2) is 18.3 Å². The van der Waals surface area contributed by atoms with Crippen LogP contribution in [0.25, 0.3) is 0 Å². The molecular formula is C12H16N2O. The monoisotopic (exact) mass is 204 g/mol. The van der Waals surface area contributed by atoms with Gasteiger partial charge in [-0.15, -0.1) is 0 Å². The molecule has 0 unspecified atom stereocenters. The van der Waals surface area contributed by atoms with Crippen molar-refractivity contribution in [2.75, 3.05) is 13.1 Å². The summed E-state index contributed by atoms with van der Waals surface area (Å²) in [5.74, 6) is 1.55. The third kappa shape index (κ3) is 2.12. The van der Waals surface area contributed by atoms with E-state index in [2.05, 4.69) is 16.4 Å². The maximum Gasteiger partial charge on any atom is 0.213 e. The van der Waals surface area contributed by atoms with Gasteiger partial charge in [-0.2, -0.15) is 0 Å². The highest BCUT2D eigenvalue weighted by Crippen LogP contribution is 2.39. The third-order valence-electron chi connectivity index (χ3n) is 3.11. The molecule has 1 saturated carbocycles. The fourth-order valence-electron chi connectivity index (χ4n) is 2.02. The molecule has 80 valence electrons. The molecule has 0 aromatic carbocycles. The Bertz CT molecular complexity index is 326. The highest BCUT2D eigenvalue weighted by atomic mass is 16.5. The van der Waals surface area contributed by atoms with Crippen molar-refractivity contribution in [1.82, 2.24) is 10.3 Å². The Labute approximate surface area is 89.9 Å². The van der Waals surface area contributed by atoms with Crippen LogP contribution >= 0.6 is 0 Å². The standard InChI is InChI=1S/C12H16N2O/c1-2-9(1)10-3-4-12(14-7-10)15-11-5-6-13-8-11/h3-4,7,9,11,13H,1-2,5-6,8H2/t11-/m0/s1. The predicted octanol–water partition coefficient (Wildman–Crippen LogP) is 1.70. The van der Waals surface area contributed by atoms with Gasteiger partial charge in [-0.1, -0.05) is 6.07 Å². The van der Waals surface area contributed by atoms with Crippen LogP contribution < -0.4 is 10.1 Å². The Hall–Kier alpha value is -1.09. The summed E-state index contributed by atoms with van der Waals surface area (Å²) in [5.41, 5.74) is 1.37. The van der Waals surface area contributed by atoms with Crippen LogP contribution in [0.3, 0.4) is 0 Å². The molecule has 0 bridgehead atoms. The maximum atomic E-state index is 5.76. The second-order valence-electron chi connectivity index (χ2n) is 4.44. The summed E-state index contributed by atoms with van der Waals surface area (Å²) in [5, 5.41) is 3.28. The van der Waals surface area contributed by atoms with Crippen molar-refractivity contribution in [3.8, 4) is 5.88 Å². The van der Waals surface area contributed by atoms with Crippen molar-refractivity contribution >= 4 is 0 Å². The van der Waals surface area contributed by atoms with Gasteiger partial charge < -0.3 is 10.1 Å². The van der Waals surface area contributed by atoms with Gasteiger partial charge in [0.2, 0.25) is 5.88 Å². The number of ether oxygens (including phenoxy) is 1. The first-order valence-corrected chi connectivity index (χ1v) is 5.75. The number of pyridine rings is 1.